The number of nitrogens with one attached hydrogen (secondary N) is 1. The van der Waals surface area contributed by atoms with Crippen LogP contribution in [0.5, 0.6) is 0 Å². The summed E-state index contributed by atoms with van der Waals surface area (Å²) in [5, 5.41) is 9.92. The first-order chi connectivity index (χ1) is 7.27. The lowest BCUT2D eigenvalue weighted by molar-refractivity contribution is 0.381. The lowest BCUT2D eigenvalue weighted by Gasteiger charge is -1.93. The fraction of sp³-hybridized carbons (Fsp3) is 0. The van der Waals surface area contributed by atoms with Crippen LogP contribution in [-0.2, 0) is 10.4 Å². The van der Waals surface area contributed by atoms with E-state index in [1.165, 1.54) is 0 Å². The predicted octanol–water partition coefficient (Wildman–Crippen LogP) is -1.14. The van der Waals surface area contributed by atoms with Crippen LogP contribution in [-0.4, -0.2) is 37.9 Å². The van der Waals surface area contributed by atoms with Crippen molar-refractivity contribution in [2.45, 2.75) is 0 Å². The maximum atomic E-state index is 8.74. The van der Waals surface area contributed by atoms with Gasteiger partial charge >= 0.3 is 10.4 Å². The van der Waals surface area contributed by atoms with E-state index in [4.69, 9.17) is 29.0 Å². The molecule has 0 amide bonds. The van der Waals surface area contributed by atoms with Crippen molar-refractivity contribution in [2.24, 2.45) is 0 Å². The zero-order valence-electron chi connectivity index (χ0n) is 7.69. The van der Waals surface area contributed by atoms with Crippen LogP contribution in [0.4, 0.5) is 11.5 Å². The molecule has 0 saturated heterocycles. The highest BCUT2D eigenvalue weighted by Gasteiger charge is 2.03. The lowest BCUT2D eigenvalue weighted by Crippen LogP contribution is -1.94. The first-order valence-electron chi connectivity index (χ1n) is 3.69. The average Bonchev–Trinajstić information content (AvgIpc) is 2.47. The average molecular weight is 248 g/mol. The van der Waals surface area contributed by atoms with Gasteiger partial charge < -0.3 is 11.5 Å². The molecule has 10 nitrogen and oxygen atoms in total. The molecular weight excluding hydrogens is 240 g/mol. The Labute approximate surface area is 89.2 Å². The monoisotopic (exact) mass is 248 g/mol. The van der Waals surface area contributed by atoms with Crippen molar-refractivity contribution in [2.75, 3.05) is 11.5 Å². The number of fused-ring (bicyclic) bond motifs is 1. The standard InChI is InChI=1S/C5H6N6.H2O4S/c6-2-1-3(7)8-5-4(2)9-11-10-5;1-5(2,3)4/h1H,(H5,6,7,8,9,10,11);(H2,1,2,3,4). The topological polar surface area (TPSA) is 181 Å². The van der Waals surface area contributed by atoms with Gasteiger partial charge in [-0.1, -0.05) is 0 Å². The highest BCUT2D eigenvalue weighted by molar-refractivity contribution is 7.79. The Morgan fingerprint density at radius 3 is 2.38 bits per heavy atom. The molecule has 0 unspecified atom stereocenters. The van der Waals surface area contributed by atoms with Crippen LogP contribution in [0.3, 0.4) is 0 Å². The molecule has 7 N–H and O–H groups in total. The second-order valence-electron chi connectivity index (χ2n) is 2.58. The Morgan fingerprint density at radius 1 is 1.25 bits per heavy atom. The van der Waals surface area contributed by atoms with Gasteiger partial charge in [0.05, 0.1) is 5.69 Å². The summed E-state index contributed by atoms with van der Waals surface area (Å²) < 4.78 is 31.6. The number of rotatable bonds is 0. The number of aromatic amines is 1. The number of nitrogens with zero attached hydrogens (tertiary/aromatic N) is 3. The second-order valence-corrected chi connectivity index (χ2v) is 3.48. The molecule has 0 aliphatic carbocycles. The maximum Gasteiger partial charge on any atom is 0.394 e. The Kier molecular flexibility index (Phi) is 3.22. The molecular formula is C5H8N6O4S. The van der Waals surface area contributed by atoms with Gasteiger partial charge in [0.1, 0.15) is 5.82 Å². The van der Waals surface area contributed by atoms with Gasteiger partial charge in [0.15, 0.2) is 5.52 Å². The van der Waals surface area contributed by atoms with Crippen molar-refractivity contribution in [3.63, 3.8) is 0 Å². The van der Waals surface area contributed by atoms with Gasteiger partial charge in [-0.05, 0) is 0 Å². The summed E-state index contributed by atoms with van der Waals surface area (Å²) in [6.07, 6.45) is 0. The molecule has 0 saturated carbocycles. The minimum absolute atomic E-state index is 0.351. The molecule has 0 aliphatic heterocycles. The zero-order chi connectivity index (χ0) is 12.3. The Hall–Kier alpha value is -1.98. The minimum atomic E-state index is -4.67. The molecule has 0 aliphatic rings. The summed E-state index contributed by atoms with van der Waals surface area (Å²) in [5.74, 6) is 0.351. The largest absolute Gasteiger partial charge is 0.397 e. The van der Waals surface area contributed by atoms with Gasteiger partial charge in [0.2, 0.25) is 5.65 Å². The smallest absolute Gasteiger partial charge is 0.394 e. The molecule has 0 atom stereocenters. The normalized spacial score (nSPS) is 10.9. The van der Waals surface area contributed by atoms with Crippen molar-refractivity contribution in [3.05, 3.63) is 6.07 Å². The van der Waals surface area contributed by atoms with Gasteiger partial charge in [-0.3, -0.25) is 9.11 Å². The molecule has 0 radical (unpaired) electrons. The first-order valence-corrected chi connectivity index (χ1v) is 5.09. The number of nitrogens with two attached hydrogens (primary N) is 2. The van der Waals surface area contributed by atoms with Crippen LogP contribution in [0.1, 0.15) is 0 Å². The van der Waals surface area contributed by atoms with Crippen LogP contribution >= 0.6 is 0 Å². The Morgan fingerprint density at radius 2 is 1.81 bits per heavy atom. The molecule has 16 heavy (non-hydrogen) atoms. The van der Waals surface area contributed by atoms with Gasteiger partial charge in [-0.2, -0.15) is 18.7 Å². The number of hydrogen-bond acceptors (Lipinski definition) is 7. The molecule has 2 aromatic heterocycles. The van der Waals surface area contributed by atoms with Crippen LogP contribution in [0.15, 0.2) is 6.07 Å². The van der Waals surface area contributed by atoms with E-state index < -0.39 is 10.4 Å². The summed E-state index contributed by atoms with van der Waals surface area (Å²) in [4.78, 5) is 3.89. The minimum Gasteiger partial charge on any atom is -0.397 e. The summed E-state index contributed by atoms with van der Waals surface area (Å²) >= 11 is 0. The quantitative estimate of drug-likeness (QED) is 0.360. The van der Waals surface area contributed by atoms with Gasteiger partial charge in [0, 0.05) is 6.07 Å². The SMILES string of the molecule is Nc1cc(N)c2n[nH]nc2n1.O=S(=O)(O)O. The van der Waals surface area contributed by atoms with E-state index in [1.807, 2.05) is 0 Å². The van der Waals surface area contributed by atoms with Crippen molar-refractivity contribution in [1.29, 1.82) is 0 Å². The van der Waals surface area contributed by atoms with Gasteiger partial charge in [-0.25, -0.2) is 4.98 Å². The number of aromatic nitrogens is 4. The molecule has 0 fully saturated rings. The number of pyridine rings is 1. The molecule has 88 valence electrons. The summed E-state index contributed by atoms with van der Waals surface area (Å²) in [6, 6.07) is 1.55. The third kappa shape index (κ3) is 3.64. The number of H-pyrrole nitrogens is 1. The van der Waals surface area contributed by atoms with E-state index in [1.54, 1.807) is 6.07 Å². The third-order valence-electron chi connectivity index (χ3n) is 1.34. The molecule has 11 heteroatoms. The van der Waals surface area contributed by atoms with E-state index in [9.17, 15) is 0 Å². The van der Waals surface area contributed by atoms with E-state index in [0.717, 1.165) is 0 Å². The fourth-order valence-electron chi connectivity index (χ4n) is 0.879. The van der Waals surface area contributed by atoms with E-state index in [0.29, 0.717) is 22.7 Å². The predicted molar refractivity (Wildman–Crippen MR) is 54.7 cm³/mol. The first kappa shape index (κ1) is 12.1. The van der Waals surface area contributed by atoms with Crippen molar-refractivity contribution < 1.29 is 17.5 Å². The van der Waals surface area contributed by atoms with Crippen LogP contribution in [0, 0.1) is 0 Å². The van der Waals surface area contributed by atoms with Crippen molar-refractivity contribution >= 4 is 33.1 Å². The van der Waals surface area contributed by atoms with Gasteiger partial charge in [-0.15, -0.1) is 5.10 Å². The Balaban J connectivity index is 0.000000221. The molecule has 2 rings (SSSR count). The molecule has 0 aromatic carbocycles. The number of anilines is 2. The third-order valence-corrected chi connectivity index (χ3v) is 1.34. The van der Waals surface area contributed by atoms with E-state index in [2.05, 4.69) is 20.4 Å². The second kappa shape index (κ2) is 4.26. The van der Waals surface area contributed by atoms with Crippen molar-refractivity contribution in [3.8, 4) is 0 Å². The molecule has 2 heterocycles. The summed E-state index contributed by atoms with van der Waals surface area (Å²) in [5.41, 5.74) is 12.5. The molecule has 0 spiro atoms. The van der Waals surface area contributed by atoms with E-state index >= 15 is 0 Å². The fourth-order valence-corrected chi connectivity index (χ4v) is 0.879. The summed E-state index contributed by atoms with van der Waals surface area (Å²) in [6.45, 7) is 0. The highest BCUT2D eigenvalue weighted by Crippen LogP contribution is 2.15. The van der Waals surface area contributed by atoms with Gasteiger partial charge in [0.25, 0.3) is 0 Å². The maximum absolute atomic E-state index is 8.74. The van der Waals surface area contributed by atoms with Crippen LogP contribution in [0.25, 0.3) is 11.2 Å². The lowest BCUT2D eigenvalue weighted by atomic mass is 10.3. The number of hydrogen-bond donors (Lipinski definition) is 5. The van der Waals surface area contributed by atoms with Crippen LogP contribution in [0.2, 0.25) is 0 Å². The highest BCUT2D eigenvalue weighted by atomic mass is 32.3. The van der Waals surface area contributed by atoms with Crippen molar-refractivity contribution in [1.82, 2.24) is 20.4 Å². The zero-order valence-corrected chi connectivity index (χ0v) is 8.51. The van der Waals surface area contributed by atoms with Crippen LogP contribution < -0.4 is 11.5 Å². The Bertz CT molecular complexity index is 584. The molecule has 0 bridgehead atoms. The van der Waals surface area contributed by atoms with E-state index in [-0.39, 0.29) is 0 Å². The number of nitrogen functional groups attached to an aromatic ring is 2. The summed E-state index contributed by atoms with van der Waals surface area (Å²) in [7, 11) is -4.67. The molecule has 2 aromatic rings.